The van der Waals surface area contributed by atoms with Crippen LogP contribution in [0.15, 0.2) is 12.1 Å². The van der Waals surface area contributed by atoms with Crippen LogP contribution >= 0.6 is 0 Å². The minimum Gasteiger partial charge on any atom is -0.486 e. The Morgan fingerprint density at radius 3 is 2.81 bits per heavy atom. The van der Waals surface area contributed by atoms with Gasteiger partial charge in [0.1, 0.15) is 25.1 Å². The molecule has 1 heterocycles. The highest BCUT2D eigenvalue weighted by molar-refractivity contribution is 5.96. The Morgan fingerprint density at radius 1 is 1.38 bits per heavy atom. The van der Waals surface area contributed by atoms with Crippen molar-refractivity contribution in [2.45, 2.75) is 0 Å². The summed E-state index contributed by atoms with van der Waals surface area (Å²) in [6.45, 7) is 0.771. The Labute approximate surface area is 91.9 Å². The van der Waals surface area contributed by atoms with Crippen LogP contribution in [0.3, 0.4) is 0 Å². The van der Waals surface area contributed by atoms with E-state index in [0.717, 1.165) is 0 Å². The van der Waals surface area contributed by atoms with Crippen molar-refractivity contribution in [3.05, 3.63) is 23.3 Å². The third kappa shape index (κ3) is 1.71. The van der Waals surface area contributed by atoms with Crippen LogP contribution in [0.4, 0.5) is 0 Å². The molecule has 0 amide bonds. The minimum absolute atomic E-state index is 0.210. The van der Waals surface area contributed by atoms with Crippen LogP contribution in [0.25, 0.3) is 0 Å². The first-order valence-corrected chi connectivity index (χ1v) is 4.73. The van der Waals surface area contributed by atoms with Gasteiger partial charge in [0.05, 0.1) is 7.11 Å². The predicted octanol–water partition coefficient (Wildman–Crippen LogP) is 1.06. The fourth-order valence-corrected chi connectivity index (χ4v) is 1.50. The Morgan fingerprint density at radius 2 is 2.12 bits per heavy atom. The molecule has 0 atom stereocenters. The molecule has 0 unspecified atom stereocenters. The summed E-state index contributed by atoms with van der Waals surface area (Å²) in [4.78, 5) is 22.2. The Hall–Kier alpha value is -2.04. The molecule has 0 N–H and O–H groups in total. The van der Waals surface area contributed by atoms with E-state index in [0.29, 0.717) is 36.6 Å². The minimum atomic E-state index is -0.551. The van der Waals surface area contributed by atoms with Crippen LogP contribution in [-0.4, -0.2) is 32.6 Å². The van der Waals surface area contributed by atoms with Crippen molar-refractivity contribution in [2.75, 3.05) is 20.3 Å². The molecule has 5 heteroatoms. The summed E-state index contributed by atoms with van der Waals surface area (Å²) < 4.78 is 15.3. The smallest absolute Gasteiger partial charge is 0.341 e. The summed E-state index contributed by atoms with van der Waals surface area (Å²) in [6.07, 6.45) is 0.644. The van der Waals surface area contributed by atoms with Crippen LogP contribution in [0.1, 0.15) is 20.7 Å². The molecule has 16 heavy (non-hydrogen) atoms. The number of aldehydes is 1. The molecule has 1 aromatic rings. The standard InChI is InChI=1S/C11H10O5/c1-14-11(13)8-4-7(6-12)5-9-10(8)16-3-2-15-9/h4-6H,2-3H2,1H3. The molecule has 2 rings (SSSR count). The van der Waals surface area contributed by atoms with Crippen LogP contribution in [0.2, 0.25) is 0 Å². The lowest BCUT2D eigenvalue weighted by atomic mass is 10.1. The first-order chi connectivity index (χ1) is 7.76. The SMILES string of the molecule is COC(=O)c1cc(C=O)cc2c1OCCO2. The fourth-order valence-electron chi connectivity index (χ4n) is 1.50. The van der Waals surface area contributed by atoms with Crippen molar-refractivity contribution in [1.29, 1.82) is 0 Å². The normalized spacial score (nSPS) is 13.1. The zero-order valence-electron chi connectivity index (χ0n) is 8.69. The largest absolute Gasteiger partial charge is 0.486 e. The lowest BCUT2D eigenvalue weighted by Crippen LogP contribution is -2.18. The highest BCUT2D eigenvalue weighted by atomic mass is 16.6. The molecule has 84 valence electrons. The number of fused-ring (bicyclic) bond motifs is 1. The van der Waals surface area contributed by atoms with E-state index in [1.165, 1.54) is 19.2 Å². The van der Waals surface area contributed by atoms with E-state index in [9.17, 15) is 9.59 Å². The Bertz CT molecular complexity index is 438. The molecule has 1 aromatic carbocycles. The molecule has 0 fully saturated rings. The molecular weight excluding hydrogens is 212 g/mol. The Kier molecular flexibility index (Phi) is 2.76. The zero-order chi connectivity index (χ0) is 11.5. The summed E-state index contributed by atoms with van der Waals surface area (Å²) in [5.74, 6) is 0.186. The van der Waals surface area contributed by atoms with Gasteiger partial charge in [0, 0.05) is 5.56 Å². The molecule has 0 spiro atoms. The van der Waals surface area contributed by atoms with E-state index in [1.54, 1.807) is 0 Å². The van der Waals surface area contributed by atoms with Gasteiger partial charge in [-0.15, -0.1) is 0 Å². The maximum Gasteiger partial charge on any atom is 0.341 e. The average molecular weight is 222 g/mol. The van der Waals surface area contributed by atoms with Crippen LogP contribution in [0, 0.1) is 0 Å². The van der Waals surface area contributed by atoms with E-state index >= 15 is 0 Å². The number of carbonyl (C=O) groups is 2. The van der Waals surface area contributed by atoms with Crippen molar-refractivity contribution in [3.63, 3.8) is 0 Å². The van der Waals surface area contributed by atoms with Crippen molar-refractivity contribution < 1.29 is 23.8 Å². The second kappa shape index (κ2) is 4.22. The fraction of sp³-hybridized carbons (Fsp3) is 0.273. The maximum absolute atomic E-state index is 11.5. The van der Waals surface area contributed by atoms with Gasteiger partial charge in [0.25, 0.3) is 0 Å². The van der Waals surface area contributed by atoms with E-state index in [4.69, 9.17) is 9.47 Å². The van der Waals surface area contributed by atoms with E-state index in [2.05, 4.69) is 4.74 Å². The van der Waals surface area contributed by atoms with Gasteiger partial charge >= 0.3 is 5.97 Å². The lowest BCUT2D eigenvalue weighted by Gasteiger charge is -2.20. The second-order valence-corrected chi connectivity index (χ2v) is 3.20. The molecular formula is C11H10O5. The molecule has 5 nitrogen and oxygen atoms in total. The number of hydrogen-bond donors (Lipinski definition) is 0. The van der Waals surface area contributed by atoms with Crippen molar-refractivity contribution >= 4 is 12.3 Å². The highest BCUT2D eigenvalue weighted by Crippen LogP contribution is 2.35. The number of hydrogen-bond acceptors (Lipinski definition) is 5. The maximum atomic E-state index is 11.5. The number of rotatable bonds is 2. The number of carbonyl (C=O) groups excluding carboxylic acids is 2. The van der Waals surface area contributed by atoms with Crippen LogP contribution in [0.5, 0.6) is 11.5 Å². The molecule has 0 saturated heterocycles. The molecule has 1 aliphatic heterocycles. The van der Waals surface area contributed by atoms with Gasteiger partial charge in [-0.3, -0.25) is 4.79 Å². The number of ether oxygens (including phenoxy) is 3. The van der Waals surface area contributed by atoms with Gasteiger partial charge in [-0.25, -0.2) is 4.79 Å². The summed E-state index contributed by atoms with van der Waals surface area (Å²) in [7, 11) is 1.27. The monoisotopic (exact) mass is 222 g/mol. The summed E-state index contributed by atoms with van der Waals surface area (Å²) >= 11 is 0. The molecule has 1 aliphatic rings. The van der Waals surface area contributed by atoms with Gasteiger partial charge in [0.15, 0.2) is 11.5 Å². The average Bonchev–Trinajstić information content (AvgIpc) is 2.36. The second-order valence-electron chi connectivity index (χ2n) is 3.20. The summed E-state index contributed by atoms with van der Waals surface area (Å²) in [5, 5.41) is 0. The van der Waals surface area contributed by atoms with Gasteiger partial charge in [-0.1, -0.05) is 0 Å². The van der Waals surface area contributed by atoms with Crippen LogP contribution < -0.4 is 9.47 Å². The van der Waals surface area contributed by atoms with Crippen molar-refractivity contribution in [3.8, 4) is 11.5 Å². The topological polar surface area (TPSA) is 61.8 Å². The molecule has 0 radical (unpaired) electrons. The predicted molar refractivity (Wildman–Crippen MR) is 54.2 cm³/mol. The molecule has 0 aromatic heterocycles. The van der Waals surface area contributed by atoms with E-state index in [1.807, 2.05) is 0 Å². The van der Waals surface area contributed by atoms with Crippen molar-refractivity contribution in [2.24, 2.45) is 0 Å². The van der Waals surface area contributed by atoms with Crippen molar-refractivity contribution in [1.82, 2.24) is 0 Å². The summed E-state index contributed by atoms with van der Waals surface area (Å²) in [6, 6.07) is 2.96. The van der Waals surface area contributed by atoms with Gasteiger partial charge in [-0.2, -0.15) is 0 Å². The number of benzene rings is 1. The van der Waals surface area contributed by atoms with Gasteiger partial charge in [-0.05, 0) is 12.1 Å². The first-order valence-electron chi connectivity index (χ1n) is 4.73. The van der Waals surface area contributed by atoms with Crippen LogP contribution in [-0.2, 0) is 4.74 Å². The molecule has 0 aliphatic carbocycles. The van der Waals surface area contributed by atoms with E-state index < -0.39 is 5.97 Å². The third-order valence-electron chi connectivity index (χ3n) is 2.21. The van der Waals surface area contributed by atoms with Gasteiger partial charge < -0.3 is 14.2 Å². The quantitative estimate of drug-likeness (QED) is 0.553. The molecule has 0 bridgehead atoms. The Balaban J connectivity index is 2.56. The first kappa shape index (κ1) is 10.5. The number of esters is 1. The molecule has 0 saturated carbocycles. The zero-order valence-corrected chi connectivity index (χ0v) is 8.69. The highest BCUT2D eigenvalue weighted by Gasteiger charge is 2.22. The third-order valence-corrected chi connectivity index (χ3v) is 2.21. The lowest BCUT2D eigenvalue weighted by molar-refractivity contribution is 0.0590. The van der Waals surface area contributed by atoms with E-state index in [-0.39, 0.29) is 5.56 Å². The number of methoxy groups -OCH3 is 1. The summed E-state index contributed by atoms with van der Waals surface area (Å²) in [5.41, 5.74) is 0.562. The van der Waals surface area contributed by atoms with Gasteiger partial charge in [0.2, 0.25) is 0 Å².